The van der Waals surface area contributed by atoms with Gasteiger partial charge < -0.3 is 19.5 Å². The Balaban J connectivity index is 1.76. The van der Waals surface area contributed by atoms with Gasteiger partial charge in [-0.25, -0.2) is 4.68 Å². The second-order valence-corrected chi connectivity index (χ2v) is 5.09. The van der Waals surface area contributed by atoms with E-state index in [-0.39, 0.29) is 17.8 Å². The van der Waals surface area contributed by atoms with Crippen molar-refractivity contribution >= 4 is 11.6 Å². The Labute approximate surface area is 138 Å². The van der Waals surface area contributed by atoms with Crippen LogP contribution in [0.15, 0.2) is 35.1 Å². The van der Waals surface area contributed by atoms with Crippen LogP contribution in [0.2, 0.25) is 0 Å². The number of methoxy groups -OCH3 is 1. The standard InChI is InChI=1S/C16H17N3O5/c1-22-7-6-19-15(20)5-3-12(18-19)16(21)17-11-2-4-13-14(10-11)24-9-8-23-13/h2-5,10H,6-9H2,1H3,(H,17,21). The molecule has 126 valence electrons. The first-order chi connectivity index (χ1) is 11.7. The van der Waals surface area contributed by atoms with Gasteiger partial charge in [-0.15, -0.1) is 0 Å². The predicted octanol–water partition coefficient (Wildman–Crippen LogP) is 0.913. The maximum Gasteiger partial charge on any atom is 0.276 e. The summed E-state index contributed by atoms with van der Waals surface area (Å²) >= 11 is 0. The zero-order chi connectivity index (χ0) is 16.9. The quantitative estimate of drug-likeness (QED) is 0.876. The van der Waals surface area contributed by atoms with Crippen LogP contribution in [0.3, 0.4) is 0 Å². The van der Waals surface area contributed by atoms with Gasteiger partial charge in [-0.3, -0.25) is 9.59 Å². The van der Waals surface area contributed by atoms with Gasteiger partial charge in [0.05, 0.1) is 13.2 Å². The summed E-state index contributed by atoms with van der Waals surface area (Å²) in [6, 6.07) is 7.83. The maximum atomic E-state index is 12.3. The van der Waals surface area contributed by atoms with Crippen molar-refractivity contribution in [2.24, 2.45) is 0 Å². The van der Waals surface area contributed by atoms with E-state index < -0.39 is 5.91 Å². The van der Waals surface area contributed by atoms with Crippen LogP contribution in [-0.4, -0.2) is 42.6 Å². The molecule has 0 fully saturated rings. The number of fused-ring (bicyclic) bond motifs is 1. The minimum absolute atomic E-state index is 0.139. The highest BCUT2D eigenvalue weighted by molar-refractivity contribution is 6.02. The molecule has 0 atom stereocenters. The fourth-order valence-corrected chi connectivity index (χ4v) is 2.22. The Hall–Kier alpha value is -2.87. The van der Waals surface area contributed by atoms with E-state index in [4.69, 9.17) is 14.2 Å². The van der Waals surface area contributed by atoms with Crippen molar-refractivity contribution in [1.82, 2.24) is 9.78 Å². The van der Waals surface area contributed by atoms with Crippen molar-refractivity contribution in [3.05, 3.63) is 46.4 Å². The molecule has 0 bridgehead atoms. The van der Waals surface area contributed by atoms with E-state index in [1.807, 2.05) is 0 Å². The number of hydrogen-bond acceptors (Lipinski definition) is 6. The Morgan fingerprint density at radius 2 is 2.04 bits per heavy atom. The van der Waals surface area contributed by atoms with E-state index in [0.29, 0.717) is 37.0 Å². The number of amides is 1. The molecule has 8 nitrogen and oxygen atoms in total. The van der Waals surface area contributed by atoms with Crippen molar-refractivity contribution in [3.8, 4) is 11.5 Å². The van der Waals surface area contributed by atoms with Gasteiger partial charge in [0, 0.05) is 24.9 Å². The number of carbonyl (C=O) groups is 1. The maximum absolute atomic E-state index is 12.3. The lowest BCUT2D eigenvalue weighted by atomic mass is 10.2. The van der Waals surface area contributed by atoms with Crippen LogP contribution in [0, 0.1) is 0 Å². The first-order valence-electron chi connectivity index (χ1n) is 7.45. The first kappa shape index (κ1) is 16.0. The molecule has 2 aromatic rings. The third-order valence-electron chi connectivity index (χ3n) is 3.41. The van der Waals surface area contributed by atoms with E-state index in [1.54, 1.807) is 18.2 Å². The van der Waals surface area contributed by atoms with Crippen LogP contribution in [0.1, 0.15) is 10.5 Å². The summed E-state index contributed by atoms with van der Waals surface area (Å²) in [6.07, 6.45) is 0. The van der Waals surface area contributed by atoms with Gasteiger partial charge in [-0.2, -0.15) is 5.10 Å². The van der Waals surface area contributed by atoms with Gasteiger partial charge in [0.15, 0.2) is 11.5 Å². The molecule has 0 saturated carbocycles. The number of anilines is 1. The van der Waals surface area contributed by atoms with Crippen molar-refractivity contribution < 1.29 is 19.0 Å². The number of ether oxygens (including phenoxy) is 3. The molecule has 1 aliphatic rings. The molecule has 0 saturated heterocycles. The van der Waals surface area contributed by atoms with Crippen LogP contribution in [-0.2, 0) is 11.3 Å². The molecule has 1 aliphatic heterocycles. The molecule has 24 heavy (non-hydrogen) atoms. The highest BCUT2D eigenvalue weighted by Crippen LogP contribution is 2.32. The summed E-state index contributed by atoms with van der Waals surface area (Å²) in [4.78, 5) is 24.0. The monoisotopic (exact) mass is 331 g/mol. The summed E-state index contributed by atoms with van der Waals surface area (Å²) in [7, 11) is 1.53. The molecule has 1 amide bonds. The average Bonchev–Trinajstić information content (AvgIpc) is 2.61. The lowest BCUT2D eigenvalue weighted by molar-refractivity contribution is 0.101. The summed E-state index contributed by atoms with van der Waals surface area (Å²) < 4.78 is 17.0. The molecule has 3 rings (SSSR count). The molecular weight excluding hydrogens is 314 g/mol. The number of rotatable bonds is 5. The Morgan fingerprint density at radius 3 is 2.83 bits per heavy atom. The highest BCUT2D eigenvalue weighted by Gasteiger charge is 2.14. The fraction of sp³-hybridized carbons (Fsp3) is 0.312. The van der Waals surface area contributed by atoms with Crippen LogP contribution in [0.25, 0.3) is 0 Å². The third kappa shape index (κ3) is 3.54. The minimum atomic E-state index is -0.419. The summed E-state index contributed by atoms with van der Waals surface area (Å²) in [5.41, 5.74) is 0.407. The zero-order valence-electron chi connectivity index (χ0n) is 13.2. The van der Waals surface area contributed by atoms with Crippen LogP contribution < -0.4 is 20.3 Å². The number of nitrogens with one attached hydrogen (secondary N) is 1. The molecule has 1 aromatic heterocycles. The second kappa shape index (κ2) is 7.14. The smallest absolute Gasteiger partial charge is 0.276 e. The fourth-order valence-electron chi connectivity index (χ4n) is 2.22. The number of benzene rings is 1. The van der Waals surface area contributed by atoms with E-state index >= 15 is 0 Å². The van der Waals surface area contributed by atoms with Crippen LogP contribution in [0.4, 0.5) is 5.69 Å². The zero-order valence-corrected chi connectivity index (χ0v) is 13.2. The van der Waals surface area contributed by atoms with Gasteiger partial charge >= 0.3 is 0 Å². The topological polar surface area (TPSA) is 91.7 Å². The number of hydrogen-bond donors (Lipinski definition) is 1. The van der Waals surface area contributed by atoms with Gasteiger partial charge in [0.2, 0.25) is 0 Å². The molecule has 0 radical (unpaired) electrons. The van der Waals surface area contributed by atoms with Gasteiger partial charge in [-0.05, 0) is 18.2 Å². The van der Waals surface area contributed by atoms with Crippen molar-refractivity contribution in [1.29, 1.82) is 0 Å². The first-order valence-corrected chi connectivity index (χ1v) is 7.45. The lowest BCUT2D eigenvalue weighted by Gasteiger charge is -2.19. The van der Waals surface area contributed by atoms with E-state index in [1.165, 1.54) is 23.9 Å². The van der Waals surface area contributed by atoms with Crippen LogP contribution in [0.5, 0.6) is 11.5 Å². The predicted molar refractivity (Wildman–Crippen MR) is 85.8 cm³/mol. The van der Waals surface area contributed by atoms with Crippen LogP contribution >= 0.6 is 0 Å². The number of nitrogens with zero attached hydrogens (tertiary/aromatic N) is 2. The normalized spacial score (nSPS) is 12.7. The third-order valence-corrected chi connectivity index (χ3v) is 3.41. The van der Waals surface area contributed by atoms with Crippen molar-refractivity contribution in [2.45, 2.75) is 6.54 Å². The van der Waals surface area contributed by atoms with Gasteiger partial charge in [0.1, 0.15) is 18.9 Å². The largest absolute Gasteiger partial charge is 0.486 e. The molecular formula is C16H17N3O5. The molecule has 1 N–H and O–H groups in total. The summed E-state index contributed by atoms with van der Waals surface area (Å²) in [5, 5.41) is 6.78. The SMILES string of the molecule is COCCn1nc(C(=O)Nc2ccc3c(c2)OCCO3)ccc1=O. The molecule has 0 unspecified atom stereocenters. The van der Waals surface area contributed by atoms with E-state index in [0.717, 1.165) is 0 Å². The second-order valence-electron chi connectivity index (χ2n) is 5.09. The average molecular weight is 331 g/mol. The Bertz CT molecular complexity index is 803. The van der Waals surface area contributed by atoms with E-state index in [2.05, 4.69) is 10.4 Å². The van der Waals surface area contributed by atoms with Crippen molar-refractivity contribution in [2.75, 3.05) is 32.2 Å². The minimum Gasteiger partial charge on any atom is -0.486 e. The molecule has 2 heterocycles. The summed E-state index contributed by atoms with van der Waals surface area (Å²) in [6.45, 7) is 1.59. The highest BCUT2D eigenvalue weighted by atomic mass is 16.6. The molecule has 0 spiro atoms. The number of aromatic nitrogens is 2. The van der Waals surface area contributed by atoms with Crippen molar-refractivity contribution in [3.63, 3.8) is 0 Å². The molecule has 1 aromatic carbocycles. The van der Waals surface area contributed by atoms with E-state index in [9.17, 15) is 9.59 Å². The van der Waals surface area contributed by atoms with Gasteiger partial charge in [0.25, 0.3) is 11.5 Å². The molecule has 8 heteroatoms. The van der Waals surface area contributed by atoms with Gasteiger partial charge in [-0.1, -0.05) is 0 Å². The lowest BCUT2D eigenvalue weighted by Crippen LogP contribution is -2.27. The Morgan fingerprint density at radius 1 is 1.25 bits per heavy atom. The number of carbonyl (C=O) groups excluding carboxylic acids is 1. The summed E-state index contributed by atoms with van der Waals surface area (Å²) in [5.74, 6) is 0.806. The molecule has 0 aliphatic carbocycles. The Kier molecular flexibility index (Phi) is 4.76.